The Morgan fingerprint density at radius 3 is 2.83 bits per heavy atom. The topological polar surface area (TPSA) is 38.4 Å². The van der Waals surface area contributed by atoms with Crippen LogP contribution in [0.5, 0.6) is 0 Å². The maximum Gasteiger partial charge on any atom is 0.103 e. The number of rotatable bonds is 2. The highest BCUT2D eigenvalue weighted by Gasteiger charge is 2.16. The number of amidine groups is 1. The van der Waals surface area contributed by atoms with Crippen molar-refractivity contribution in [3.8, 4) is 0 Å². The normalized spacial score (nSPS) is 18.3. The Balaban J connectivity index is 1.84. The number of thiophene rings is 1. The summed E-state index contributed by atoms with van der Waals surface area (Å²) in [4.78, 5) is 4.61. The van der Waals surface area contributed by atoms with E-state index >= 15 is 0 Å². The van der Waals surface area contributed by atoms with Crippen LogP contribution in [-0.2, 0) is 0 Å². The van der Waals surface area contributed by atoms with Gasteiger partial charge in [0.2, 0.25) is 0 Å². The fraction of sp³-hybridized carbons (Fsp3) is 0.400. The molecule has 1 aromatic carbocycles. The van der Waals surface area contributed by atoms with Gasteiger partial charge in [0.15, 0.2) is 0 Å². The lowest BCUT2D eigenvalue weighted by Crippen LogP contribution is -2.25. The SMILES string of the molecule is NC(=Nc1ccc2sccc2c1)C1CCCCC1. The van der Waals surface area contributed by atoms with Crippen molar-refractivity contribution >= 4 is 32.9 Å². The van der Waals surface area contributed by atoms with Crippen LogP contribution in [0, 0.1) is 5.92 Å². The van der Waals surface area contributed by atoms with E-state index in [1.54, 1.807) is 11.3 Å². The molecule has 3 heteroatoms. The minimum absolute atomic E-state index is 0.497. The fourth-order valence-electron chi connectivity index (χ4n) is 2.66. The van der Waals surface area contributed by atoms with Crippen molar-refractivity contribution in [1.29, 1.82) is 0 Å². The zero-order valence-electron chi connectivity index (χ0n) is 10.4. The molecule has 1 aliphatic rings. The summed E-state index contributed by atoms with van der Waals surface area (Å²) in [6, 6.07) is 8.46. The molecule has 1 aromatic heterocycles. The molecule has 0 spiro atoms. The van der Waals surface area contributed by atoms with E-state index in [0.29, 0.717) is 5.92 Å². The number of hydrogen-bond acceptors (Lipinski definition) is 2. The van der Waals surface area contributed by atoms with E-state index in [0.717, 1.165) is 11.5 Å². The van der Waals surface area contributed by atoms with E-state index in [1.165, 1.54) is 42.2 Å². The molecule has 3 rings (SSSR count). The first-order chi connectivity index (χ1) is 8.83. The zero-order chi connectivity index (χ0) is 12.4. The van der Waals surface area contributed by atoms with Crippen molar-refractivity contribution in [2.45, 2.75) is 32.1 Å². The van der Waals surface area contributed by atoms with Gasteiger partial charge in [0.25, 0.3) is 0 Å². The van der Waals surface area contributed by atoms with Crippen LogP contribution in [-0.4, -0.2) is 5.84 Å². The highest BCUT2D eigenvalue weighted by molar-refractivity contribution is 7.17. The standard InChI is InChI=1S/C15H18N2S/c16-15(11-4-2-1-3-5-11)17-13-6-7-14-12(10-13)8-9-18-14/h6-11H,1-5H2,(H2,16,17). The van der Waals surface area contributed by atoms with E-state index in [2.05, 4.69) is 34.6 Å². The van der Waals surface area contributed by atoms with Crippen molar-refractivity contribution < 1.29 is 0 Å². The molecular formula is C15H18N2S. The van der Waals surface area contributed by atoms with Crippen molar-refractivity contribution in [2.24, 2.45) is 16.6 Å². The third-order valence-corrected chi connectivity index (χ3v) is 4.62. The maximum absolute atomic E-state index is 6.15. The Morgan fingerprint density at radius 1 is 1.17 bits per heavy atom. The molecule has 2 aromatic rings. The molecule has 0 aliphatic heterocycles. The molecule has 1 saturated carbocycles. The lowest BCUT2D eigenvalue weighted by molar-refractivity contribution is 0.437. The van der Waals surface area contributed by atoms with Gasteiger partial charge < -0.3 is 5.73 Å². The fourth-order valence-corrected chi connectivity index (χ4v) is 3.43. The van der Waals surface area contributed by atoms with E-state index in [-0.39, 0.29) is 0 Å². The van der Waals surface area contributed by atoms with Gasteiger partial charge in [-0.15, -0.1) is 11.3 Å². The van der Waals surface area contributed by atoms with Gasteiger partial charge in [0.05, 0.1) is 5.69 Å². The average molecular weight is 258 g/mol. The van der Waals surface area contributed by atoms with Gasteiger partial charge in [-0.05, 0) is 47.9 Å². The second-order valence-corrected chi connectivity index (χ2v) is 5.96. The molecule has 2 N–H and O–H groups in total. The summed E-state index contributed by atoms with van der Waals surface area (Å²) in [7, 11) is 0. The summed E-state index contributed by atoms with van der Waals surface area (Å²) >= 11 is 1.76. The lowest BCUT2D eigenvalue weighted by Gasteiger charge is -2.20. The van der Waals surface area contributed by atoms with Crippen molar-refractivity contribution in [3.63, 3.8) is 0 Å². The molecule has 0 unspecified atom stereocenters. The van der Waals surface area contributed by atoms with Gasteiger partial charge in [0, 0.05) is 10.6 Å². The number of benzene rings is 1. The van der Waals surface area contributed by atoms with Crippen LogP contribution in [0.2, 0.25) is 0 Å². The second-order valence-electron chi connectivity index (χ2n) is 5.01. The van der Waals surface area contributed by atoms with Crippen molar-refractivity contribution in [2.75, 3.05) is 0 Å². The van der Waals surface area contributed by atoms with E-state index in [9.17, 15) is 0 Å². The zero-order valence-corrected chi connectivity index (χ0v) is 11.2. The Kier molecular flexibility index (Phi) is 3.33. The number of aliphatic imine (C=N–C) groups is 1. The molecule has 94 valence electrons. The van der Waals surface area contributed by atoms with Crippen molar-refractivity contribution in [1.82, 2.24) is 0 Å². The Morgan fingerprint density at radius 2 is 2.00 bits per heavy atom. The molecule has 0 atom stereocenters. The quantitative estimate of drug-likeness (QED) is 0.626. The molecule has 2 nitrogen and oxygen atoms in total. The summed E-state index contributed by atoms with van der Waals surface area (Å²) in [5.74, 6) is 1.32. The average Bonchev–Trinajstić information content (AvgIpc) is 2.87. The van der Waals surface area contributed by atoms with Crippen LogP contribution in [0.3, 0.4) is 0 Å². The van der Waals surface area contributed by atoms with Crippen LogP contribution in [0.15, 0.2) is 34.6 Å². The first kappa shape index (κ1) is 11.7. The molecule has 1 fully saturated rings. The summed E-state index contributed by atoms with van der Waals surface area (Å²) in [6.07, 6.45) is 6.35. The first-order valence-corrected chi connectivity index (χ1v) is 7.52. The monoisotopic (exact) mass is 258 g/mol. The Hall–Kier alpha value is -1.35. The van der Waals surface area contributed by atoms with Gasteiger partial charge in [-0.2, -0.15) is 0 Å². The predicted octanol–water partition coefficient (Wildman–Crippen LogP) is 4.47. The number of hydrogen-bond donors (Lipinski definition) is 1. The van der Waals surface area contributed by atoms with E-state index in [1.807, 2.05) is 0 Å². The van der Waals surface area contributed by atoms with Crippen LogP contribution < -0.4 is 5.73 Å². The van der Waals surface area contributed by atoms with Gasteiger partial charge in [0.1, 0.15) is 5.84 Å². The van der Waals surface area contributed by atoms with Crippen molar-refractivity contribution in [3.05, 3.63) is 29.6 Å². The summed E-state index contributed by atoms with van der Waals surface area (Å²) in [6.45, 7) is 0. The second kappa shape index (κ2) is 5.11. The molecule has 1 heterocycles. The summed E-state index contributed by atoms with van der Waals surface area (Å²) in [5.41, 5.74) is 7.14. The molecule has 0 amide bonds. The Bertz CT molecular complexity index is 565. The molecule has 0 radical (unpaired) electrons. The van der Waals surface area contributed by atoms with E-state index < -0.39 is 0 Å². The third-order valence-electron chi connectivity index (χ3n) is 3.72. The first-order valence-electron chi connectivity index (χ1n) is 6.64. The number of nitrogens with zero attached hydrogens (tertiary/aromatic N) is 1. The van der Waals surface area contributed by atoms with Crippen LogP contribution >= 0.6 is 11.3 Å². The third kappa shape index (κ3) is 2.41. The molecule has 18 heavy (non-hydrogen) atoms. The molecule has 0 bridgehead atoms. The minimum atomic E-state index is 0.497. The number of fused-ring (bicyclic) bond motifs is 1. The Labute approximate surface area is 112 Å². The highest BCUT2D eigenvalue weighted by atomic mass is 32.1. The predicted molar refractivity (Wildman–Crippen MR) is 79.7 cm³/mol. The summed E-state index contributed by atoms with van der Waals surface area (Å²) < 4.78 is 1.31. The van der Waals surface area contributed by atoms with Gasteiger partial charge >= 0.3 is 0 Å². The van der Waals surface area contributed by atoms with Gasteiger partial charge in [-0.1, -0.05) is 19.3 Å². The van der Waals surface area contributed by atoms with Crippen LogP contribution in [0.1, 0.15) is 32.1 Å². The maximum atomic E-state index is 6.15. The molecule has 1 aliphatic carbocycles. The van der Waals surface area contributed by atoms with Gasteiger partial charge in [-0.3, -0.25) is 0 Å². The van der Waals surface area contributed by atoms with Crippen LogP contribution in [0.25, 0.3) is 10.1 Å². The summed E-state index contributed by atoms with van der Waals surface area (Å²) in [5, 5.41) is 3.38. The molecular weight excluding hydrogens is 240 g/mol. The molecule has 0 saturated heterocycles. The lowest BCUT2D eigenvalue weighted by atomic mass is 9.88. The number of nitrogens with two attached hydrogens (primary N) is 1. The largest absolute Gasteiger partial charge is 0.387 e. The minimum Gasteiger partial charge on any atom is -0.387 e. The van der Waals surface area contributed by atoms with E-state index in [4.69, 9.17) is 5.73 Å². The van der Waals surface area contributed by atoms with Crippen LogP contribution in [0.4, 0.5) is 5.69 Å². The highest BCUT2D eigenvalue weighted by Crippen LogP contribution is 2.28. The van der Waals surface area contributed by atoms with Gasteiger partial charge in [-0.25, -0.2) is 4.99 Å². The smallest absolute Gasteiger partial charge is 0.103 e.